The number of hydrogen-bond acceptors (Lipinski definition) is 7. The minimum atomic E-state index is -0.626. The van der Waals surface area contributed by atoms with Crippen molar-refractivity contribution in [3.8, 4) is 5.69 Å². The van der Waals surface area contributed by atoms with E-state index in [0.29, 0.717) is 0 Å². The zero-order valence-corrected chi connectivity index (χ0v) is 14.5. The predicted octanol–water partition coefficient (Wildman–Crippen LogP) is 2.04. The highest BCUT2D eigenvalue weighted by molar-refractivity contribution is 6.35. The van der Waals surface area contributed by atoms with Gasteiger partial charge in [0.05, 0.1) is 21.2 Å². The van der Waals surface area contributed by atoms with Gasteiger partial charge in [0.25, 0.3) is 5.69 Å². The number of benzene rings is 2. The maximum absolute atomic E-state index is 13.1. The summed E-state index contributed by atoms with van der Waals surface area (Å²) < 4.78 is 1.29. The van der Waals surface area contributed by atoms with Gasteiger partial charge in [-0.3, -0.25) is 19.5 Å². The predicted molar refractivity (Wildman–Crippen MR) is 94.7 cm³/mol. The summed E-state index contributed by atoms with van der Waals surface area (Å²) in [4.78, 5) is 23.6. The lowest BCUT2D eigenvalue weighted by molar-refractivity contribution is -0.384. The lowest BCUT2D eigenvalue weighted by Gasteiger charge is -2.13. The summed E-state index contributed by atoms with van der Waals surface area (Å²) in [6.45, 7) is -1.02. The van der Waals surface area contributed by atoms with Gasteiger partial charge in [-0.2, -0.15) is 0 Å². The van der Waals surface area contributed by atoms with Gasteiger partial charge in [-0.25, -0.2) is 0 Å². The molecule has 138 valence electrons. The van der Waals surface area contributed by atoms with E-state index in [1.54, 1.807) is 12.1 Å². The Kier molecular flexibility index (Phi) is 5.26. The molecule has 1 aromatic heterocycles. The van der Waals surface area contributed by atoms with Gasteiger partial charge in [-0.15, -0.1) is 10.2 Å². The van der Waals surface area contributed by atoms with Crippen LogP contribution in [0.15, 0.2) is 42.5 Å². The Hall–Kier alpha value is -3.14. The molecule has 0 amide bonds. The van der Waals surface area contributed by atoms with Crippen LogP contribution in [-0.2, 0) is 13.2 Å². The van der Waals surface area contributed by atoms with Crippen LogP contribution >= 0.6 is 11.6 Å². The fourth-order valence-electron chi connectivity index (χ4n) is 2.64. The lowest BCUT2D eigenvalue weighted by Crippen LogP contribution is -2.13. The third-order valence-corrected chi connectivity index (χ3v) is 4.20. The zero-order valence-electron chi connectivity index (χ0n) is 13.7. The summed E-state index contributed by atoms with van der Waals surface area (Å²) in [5.41, 5.74) is 0.00790. The Morgan fingerprint density at radius 3 is 2.26 bits per heavy atom. The van der Waals surface area contributed by atoms with Crippen LogP contribution in [-0.4, -0.2) is 35.7 Å². The van der Waals surface area contributed by atoms with Gasteiger partial charge < -0.3 is 10.2 Å². The van der Waals surface area contributed by atoms with E-state index in [9.17, 15) is 25.1 Å². The van der Waals surface area contributed by atoms with Crippen molar-refractivity contribution in [2.45, 2.75) is 13.2 Å². The molecule has 0 aliphatic heterocycles. The first-order valence-corrected chi connectivity index (χ1v) is 8.08. The van der Waals surface area contributed by atoms with Crippen LogP contribution in [0.25, 0.3) is 5.69 Å². The molecule has 3 rings (SSSR count). The lowest BCUT2D eigenvalue weighted by atomic mass is 10.0. The van der Waals surface area contributed by atoms with Crippen LogP contribution in [0.2, 0.25) is 5.02 Å². The van der Waals surface area contributed by atoms with Gasteiger partial charge in [0, 0.05) is 17.7 Å². The Balaban J connectivity index is 2.28. The van der Waals surface area contributed by atoms with Crippen molar-refractivity contribution in [1.82, 2.24) is 14.8 Å². The molecule has 0 saturated carbocycles. The van der Waals surface area contributed by atoms with E-state index in [0.717, 1.165) is 6.07 Å². The average molecular weight is 389 g/mol. The number of aliphatic hydroxyl groups is 2. The smallest absolute Gasteiger partial charge is 0.270 e. The van der Waals surface area contributed by atoms with Crippen LogP contribution in [0.1, 0.15) is 27.6 Å². The number of nitro groups is 1. The van der Waals surface area contributed by atoms with E-state index in [1.807, 2.05) is 0 Å². The Morgan fingerprint density at radius 1 is 1.07 bits per heavy atom. The Labute approximate surface area is 157 Å². The normalized spacial score (nSPS) is 10.8. The molecular weight excluding hydrogens is 376 g/mol. The minimum Gasteiger partial charge on any atom is -0.388 e. The number of nitro benzene ring substituents is 1. The van der Waals surface area contributed by atoms with Crippen LogP contribution < -0.4 is 0 Å². The Bertz CT molecular complexity index is 1010. The first-order valence-electron chi connectivity index (χ1n) is 7.70. The third kappa shape index (κ3) is 3.43. The standard InChI is InChI=1S/C17H13ClN4O5/c18-13-4-2-1-3-11(13)17(25)12-7-10(22(26)27)5-6-14(12)21-15(8-23)19-20-16(21)9-24/h1-7,23-24H,8-9H2. The molecule has 0 atom stereocenters. The van der Waals surface area contributed by atoms with E-state index >= 15 is 0 Å². The summed E-state index contributed by atoms with van der Waals surface area (Å²) in [6, 6.07) is 9.96. The van der Waals surface area contributed by atoms with E-state index in [4.69, 9.17) is 11.6 Å². The summed E-state index contributed by atoms with van der Waals surface area (Å²) in [7, 11) is 0. The quantitative estimate of drug-likeness (QED) is 0.375. The van der Waals surface area contributed by atoms with Crippen LogP contribution in [0.5, 0.6) is 0 Å². The second kappa shape index (κ2) is 7.62. The summed E-state index contributed by atoms with van der Waals surface area (Å²) >= 11 is 6.10. The van der Waals surface area contributed by atoms with E-state index in [-0.39, 0.29) is 39.2 Å². The van der Waals surface area contributed by atoms with Crippen LogP contribution in [0.3, 0.4) is 0 Å². The number of hydrogen-bond donors (Lipinski definition) is 2. The number of halogens is 1. The molecule has 2 N–H and O–H groups in total. The second-order valence-corrected chi connectivity index (χ2v) is 5.86. The number of nitrogens with zero attached hydrogens (tertiary/aromatic N) is 4. The molecule has 0 fully saturated rings. The fraction of sp³-hybridized carbons (Fsp3) is 0.118. The van der Waals surface area contributed by atoms with Crippen LogP contribution in [0, 0.1) is 10.1 Å². The number of rotatable bonds is 6. The molecule has 0 bridgehead atoms. The summed E-state index contributed by atoms with van der Waals surface area (Å²) in [5, 5.41) is 37.9. The first-order chi connectivity index (χ1) is 13.0. The first kappa shape index (κ1) is 18.6. The summed E-state index contributed by atoms with van der Waals surface area (Å²) in [6.07, 6.45) is 0. The minimum absolute atomic E-state index is 0.0403. The maximum Gasteiger partial charge on any atom is 0.270 e. The molecule has 2 aromatic carbocycles. The molecule has 27 heavy (non-hydrogen) atoms. The number of aromatic nitrogens is 3. The van der Waals surface area contributed by atoms with Crippen molar-refractivity contribution in [2.24, 2.45) is 0 Å². The number of non-ortho nitro benzene ring substituents is 1. The Morgan fingerprint density at radius 2 is 1.70 bits per heavy atom. The van der Waals surface area contributed by atoms with Gasteiger partial charge in [0.1, 0.15) is 13.2 Å². The fourth-order valence-corrected chi connectivity index (χ4v) is 2.86. The van der Waals surface area contributed by atoms with Gasteiger partial charge in [0.2, 0.25) is 0 Å². The molecule has 10 heteroatoms. The average Bonchev–Trinajstić information content (AvgIpc) is 3.10. The van der Waals surface area contributed by atoms with Gasteiger partial charge in [-0.05, 0) is 18.2 Å². The maximum atomic E-state index is 13.1. The number of carbonyl (C=O) groups is 1. The topological polar surface area (TPSA) is 131 Å². The number of ketones is 1. The highest BCUT2D eigenvalue weighted by Gasteiger charge is 2.24. The number of carbonyl (C=O) groups excluding carboxylic acids is 1. The van der Waals surface area contributed by atoms with Crippen molar-refractivity contribution in [1.29, 1.82) is 0 Å². The van der Waals surface area contributed by atoms with Crippen molar-refractivity contribution in [2.75, 3.05) is 0 Å². The van der Waals surface area contributed by atoms with E-state index < -0.39 is 23.9 Å². The number of aliphatic hydroxyl groups excluding tert-OH is 2. The van der Waals surface area contributed by atoms with Crippen LogP contribution in [0.4, 0.5) is 5.69 Å². The zero-order chi connectivity index (χ0) is 19.6. The summed E-state index contributed by atoms with van der Waals surface area (Å²) in [5.74, 6) is -0.414. The molecule has 9 nitrogen and oxygen atoms in total. The van der Waals surface area contributed by atoms with E-state index in [1.165, 1.54) is 28.8 Å². The molecular formula is C17H13ClN4O5. The van der Waals surface area contributed by atoms with Gasteiger partial charge in [-0.1, -0.05) is 23.7 Å². The molecule has 0 aliphatic rings. The van der Waals surface area contributed by atoms with Crippen molar-refractivity contribution in [3.05, 3.63) is 80.4 Å². The van der Waals surface area contributed by atoms with E-state index in [2.05, 4.69) is 10.2 Å². The molecule has 0 saturated heterocycles. The highest BCUT2D eigenvalue weighted by Crippen LogP contribution is 2.28. The molecule has 1 heterocycles. The monoisotopic (exact) mass is 388 g/mol. The molecule has 0 spiro atoms. The second-order valence-electron chi connectivity index (χ2n) is 5.45. The molecule has 3 aromatic rings. The van der Waals surface area contributed by atoms with Gasteiger partial charge >= 0.3 is 0 Å². The van der Waals surface area contributed by atoms with Crippen molar-refractivity contribution < 1.29 is 19.9 Å². The van der Waals surface area contributed by atoms with Crippen molar-refractivity contribution in [3.63, 3.8) is 0 Å². The highest BCUT2D eigenvalue weighted by atomic mass is 35.5. The van der Waals surface area contributed by atoms with Gasteiger partial charge in [0.15, 0.2) is 17.4 Å². The molecule has 0 radical (unpaired) electrons. The third-order valence-electron chi connectivity index (χ3n) is 3.87. The van der Waals surface area contributed by atoms with Crippen molar-refractivity contribution >= 4 is 23.1 Å². The molecule has 0 aliphatic carbocycles. The largest absolute Gasteiger partial charge is 0.388 e. The molecule has 0 unspecified atom stereocenters. The SMILES string of the molecule is O=C(c1ccccc1Cl)c1cc([N+](=O)[O-])ccc1-n1c(CO)nnc1CO.